The molecule has 0 aromatic carbocycles. The smallest absolute Gasteiger partial charge is 0.461 e. The van der Waals surface area contributed by atoms with Crippen LogP contribution in [0, 0.1) is 5.92 Å². The minimum Gasteiger partial charge on any atom is -0.461 e. The lowest BCUT2D eigenvalue weighted by atomic mass is 10.1. The molecule has 4 amide bonds. The Bertz CT molecular complexity index is 1020. The van der Waals surface area contributed by atoms with E-state index in [4.69, 9.17) is 9.26 Å². The lowest BCUT2D eigenvalue weighted by molar-refractivity contribution is -0.160. The summed E-state index contributed by atoms with van der Waals surface area (Å²) >= 11 is 0. The number of ether oxygens (including phenoxy) is 1. The summed E-state index contributed by atoms with van der Waals surface area (Å²) in [7, 11) is -3.77. The highest BCUT2D eigenvalue weighted by Gasteiger charge is 2.45. The third kappa shape index (κ3) is 6.71. The third-order valence-electron chi connectivity index (χ3n) is 7.21. The first-order chi connectivity index (χ1) is 17.6. The average Bonchev–Trinajstić information content (AvgIpc) is 3.43. The predicted molar refractivity (Wildman–Crippen MR) is 131 cm³/mol. The number of amides is 4. The molecule has 15 heteroatoms. The van der Waals surface area contributed by atoms with Gasteiger partial charge in [-0.2, -0.15) is 0 Å². The van der Waals surface area contributed by atoms with Gasteiger partial charge in [-0.25, -0.2) is 9.36 Å². The van der Waals surface area contributed by atoms with Crippen LogP contribution in [0.1, 0.15) is 53.4 Å². The first kappa shape index (κ1) is 30.0. The largest absolute Gasteiger partial charge is 0.469 e. The second-order valence-corrected chi connectivity index (χ2v) is 11.7. The lowest BCUT2D eigenvalue weighted by Crippen LogP contribution is -2.60. The molecule has 214 valence electrons. The van der Waals surface area contributed by atoms with Gasteiger partial charge >= 0.3 is 13.8 Å². The minimum atomic E-state index is -5.05. The van der Waals surface area contributed by atoms with Gasteiger partial charge in [-0.1, -0.05) is 6.92 Å². The number of hydrogen-bond donors (Lipinski definition) is 3. The van der Waals surface area contributed by atoms with E-state index in [0.29, 0.717) is 19.3 Å². The zero-order valence-electron chi connectivity index (χ0n) is 22.2. The van der Waals surface area contributed by atoms with Gasteiger partial charge in [0.15, 0.2) is 0 Å². The summed E-state index contributed by atoms with van der Waals surface area (Å²) in [6.07, 6.45) is -1.25. The monoisotopic (exact) mass is 560 g/mol. The van der Waals surface area contributed by atoms with Crippen molar-refractivity contribution in [1.29, 1.82) is 0 Å². The van der Waals surface area contributed by atoms with E-state index in [9.17, 15) is 38.3 Å². The van der Waals surface area contributed by atoms with Gasteiger partial charge in [-0.3, -0.25) is 23.7 Å². The second-order valence-electron chi connectivity index (χ2n) is 10.5. The van der Waals surface area contributed by atoms with Crippen molar-refractivity contribution < 1.29 is 47.6 Å². The first-order valence-electron chi connectivity index (χ1n) is 12.7. The molecule has 3 aliphatic heterocycles. The fourth-order valence-corrected chi connectivity index (χ4v) is 6.02. The molecule has 0 spiro atoms. The quantitative estimate of drug-likeness (QED) is 0.297. The molecule has 0 saturated carbocycles. The SMILES string of the molecule is C[C@@H]1C[C@H]2C(=O)O[C@@H](C)CC(=O)N3CCC[C@H]3C(=O)N(C)[C@@H]([C@@H](C)OP(=O)(O)O)C(=O)N[C@@H](C)C(=O)N2C1. The van der Waals surface area contributed by atoms with E-state index < -0.39 is 73.8 Å². The molecule has 0 aliphatic carbocycles. The Labute approximate surface area is 221 Å². The maximum Gasteiger partial charge on any atom is 0.469 e. The zero-order chi connectivity index (χ0) is 28.5. The molecule has 0 aromatic rings. The van der Waals surface area contributed by atoms with Crippen LogP contribution >= 0.6 is 7.82 Å². The highest BCUT2D eigenvalue weighted by Crippen LogP contribution is 2.39. The minimum absolute atomic E-state index is 0.0167. The Morgan fingerprint density at radius 1 is 1.05 bits per heavy atom. The fourth-order valence-electron chi connectivity index (χ4n) is 5.48. The molecule has 38 heavy (non-hydrogen) atoms. The van der Waals surface area contributed by atoms with E-state index in [0.717, 1.165) is 4.90 Å². The van der Waals surface area contributed by atoms with Gasteiger partial charge < -0.3 is 34.5 Å². The van der Waals surface area contributed by atoms with Gasteiger partial charge in [0.2, 0.25) is 23.6 Å². The number of rotatable bonds is 3. The molecule has 3 rings (SSSR count). The van der Waals surface area contributed by atoms with Crippen LogP contribution in [0.4, 0.5) is 0 Å². The van der Waals surface area contributed by atoms with Crippen LogP contribution in [0.25, 0.3) is 0 Å². The molecular weight excluding hydrogens is 523 g/mol. The highest BCUT2D eigenvalue weighted by atomic mass is 31.2. The van der Waals surface area contributed by atoms with Crippen LogP contribution < -0.4 is 5.32 Å². The van der Waals surface area contributed by atoms with Gasteiger partial charge in [0, 0.05) is 20.1 Å². The molecule has 0 bridgehead atoms. The van der Waals surface area contributed by atoms with Crippen molar-refractivity contribution in [2.75, 3.05) is 20.1 Å². The first-order valence-corrected chi connectivity index (χ1v) is 14.2. The normalized spacial score (nSPS) is 33.1. The molecule has 3 heterocycles. The van der Waals surface area contributed by atoms with Crippen molar-refractivity contribution in [2.24, 2.45) is 5.92 Å². The molecule has 0 radical (unpaired) electrons. The Balaban J connectivity index is 2.00. The topological polar surface area (TPSA) is 183 Å². The summed E-state index contributed by atoms with van der Waals surface area (Å²) in [5, 5.41) is 2.51. The van der Waals surface area contributed by atoms with E-state index in [1.54, 1.807) is 6.92 Å². The van der Waals surface area contributed by atoms with Crippen LogP contribution in [0.5, 0.6) is 0 Å². The number of nitrogens with one attached hydrogen (secondary N) is 1. The molecule has 3 N–H and O–H groups in total. The number of phosphoric ester groups is 1. The van der Waals surface area contributed by atoms with Crippen LogP contribution in [0.15, 0.2) is 0 Å². The van der Waals surface area contributed by atoms with Gasteiger partial charge in [0.05, 0.1) is 12.5 Å². The van der Waals surface area contributed by atoms with Crippen molar-refractivity contribution >= 4 is 37.4 Å². The molecular formula is C23H37N4O10P. The van der Waals surface area contributed by atoms with Gasteiger partial charge in [0.1, 0.15) is 30.3 Å². The van der Waals surface area contributed by atoms with Crippen molar-refractivity contribution in [3.63, 3.8) is 0 Å². The highest BCUT2D eigenvalue weighted by molar-refractivity contribution is 7.46. The number of hydrogen-bond acceptors (Lipinski definition) is 8. The number of cyclic esters (lactones) is 1. The standard InChI is InChI=1S/C23H37N4O10P/c1-12-9-17-23(32)36-13(2)10-18(28)26-8-6-7-16(26)22(31)25(5)19(15(4)37-38(33,34)35)20(29)24-14(3)21(30)27(17)11-12/h12-17,19H,6-11H2,1-5H3,(H,24,29)(H2,33,34,35)/t12-,13+,14+,15-,16+,17+,19+/m1/s1. The third-order valence-corrected chi connectivity index (χ3v) is 7.82. The molecule has 14 nitrogen and oxygen atoms in total. The predicted octanol–water partition coefficient (Wildman–Crippen LogP) is -0.621. The molecule has 3 aliphatic rings. The molecule has 7 atom stereocenters. The average molecular weight is 561 g/mol. The summed E-state index contributed by atoms with van der Waals surface area (Å²) in [4.78, 5) is 88.6. The Morgan fingerprint density at radius 2 is 1.71 bits per heavy atom. The van der Waals surface area contributed by atoms with E-state index in [-0.39, 0.29) is 25.4 Å². The summed E-state index contributed by atoms with van der Waals surface area (Å²) in [6.45, 7) is 6.63. The number of phosphoric acid groups is 1. The van der Waals surface area contributed by atoms with E-state index in [1.165, 1.54) is 30.7 Å². The number of carbonyl (C=O) groups is 5. The lowest BCUT2D eigenvalue weighted by Gasteiger charge is -2.36. The zero-order valence-corrected chi connectivity index (χ0v) is 23.1. The second kappa shape index (κ2) is 11.7. The molecule has 3 fully saturated rings. The van der Waals surface area contributed by atoms with Gasteiger partial charge in [-0.05, 0) is 46.0 Å². The van der Waals surface area contributed by atoms with Crippen LogP contribution in [-0.2, 0) is 37.8 Å². The molecule has 0 aromatic heterocycles. The summed E-state index contributed by atoms with van der Waals surface area (Å²) in [5.41, 5.74) is 0. The van der Waals surface area contributed by atoms with Gasteiger partial charge in [-0.15, -0.1) is 0 Å². The van der Waals surface area contributed by atoms with Crippen LogP contribution in [-0.4, -0.2) is 111 Å². The number of esters is 1. The van der Waals surface area contributed by atoms with Crippen LogP contribution in [0.2, 0.25) is 0 Å². The van der Waals surface area contributed by atoms with E-state index in [2.05, 4.69) is 5.32 Å². The van der Waals surface area contributed by atoms with Crippen molar-refractivity contribution in [3.8, 4) is 0 Å². The Kier molecular flexibility index (Phi) is 9.23. The summed E-state index contributed by atoms with van der Waals surface area (Å²) in [6, 6.07) is -4.48. The summed E-state index contributed by atoms with van der Waals surface area (Å²) in [5.74, 6) is -3.14. The molecule has 3 saturated heterocycles. The maximum absolute atomic E-state index is 13.5. The van der Waals surface area contributed by atoms with Crippen molar-refractivity contribution in [3.05, 3.63) is 0 Å². The van der Waals surface area contributed by atoms with E-state index >= 15 is 0 Å². The van der Waals surface area contributed by atoms with E-state index in [1.807, 2.05) is 6.92 Å². The van der Waals surface area contributed by atoms with Crippen molar-refractivity contribution in [1.82, 2.24) is 20.0 Å². The number of likely N-dealkylation sites (N-methyl/N-ethyl adjacent to an activating group) is 1. The number of fused-ring (bicyclic) bond motifs is 2. The Morgan fingerprint density at radius 3 is 2.34 bits per heavy atom. The maximum atomic E-state index is 13.5. The fraction of sp³-hybridized carbons (Fsp3) is 0.783. The number of carbonyl (C=O) groups excluding carboxylic acids is 5. The molecule has 0 unspecified atom stereocenters. The van der Waals surface area contributed by atoms with Crippen molar-refractivity contribution in [2.45, 2.75) is 89.8 Å². The Hall–Kier alpha value is -2.54. The van der Waals surface area contributed by atoms with Crippen LogP contribution in [0.3, 0.4) is 0 Å². The number of nitrogens with zero attached hydrogens (tertiary/aromatic N) is 3. The summed E-state index contributed by atoms with van der Waals surface area (Å²) < 4.78 is 21.8. The van der Waals surface area contributed by atoms with Gasteiger partial charge in [0.25, 0.3) is 0 Å².